The van der Waals surface area contributed by atoms with Crippen LogP contribution in [0.15, 0.2) is 54.9 Å². The second-order valence-electron chi connectivity index (χ2n) is 6.61. The van der Waals surface area contributed by atoms with Crippen LogP contribution in [0.5, 0.6) is 0 Å². The van der Waals surface area contributed by atoms with Gasteiger partial charge in [-0.25, -0.2) is 0 Å². The predicted molar refractivity (Wildman–Crippen MR) is 106 cm³/mol. The van der Waals surface area contributed by atoms with E-state index in [1.54, 1.807) is 48.8 Å². The van der Waals surface area contributed by atoms with Crippen LogP contribution in [0.1, 0.15) is 28.8 Å². The second-order valence-corrected chi connectivity index (χ2v) is 7.04. The minimum Gasteiger partial charge on any atom is -0.352 e. The highest BCUT2D eigenvalue weighted by Crippen LogP contribution is 2.17. The molecule has 27 heavy (non-hydrogen) atoms. The number of pyridine rings is 1. The summed E-state index contributed by atoms with van der Waals surface area (Å²) in [5.74, 6) is 0.296. The third kappa shape index (κ3) is 5.66. The summed E-state index contributed by atoms with van der Waals surface area (Å²) >= 11 is 5.86. The monoisotopic (exact) mass is 383 g/mol. The molecule has 1 fully saturated rings. The minimum absolute atomic E-state index is 0.0165. The van der Waals surface area contributed by atoms with Crippen molar-refractivity contribution in [2.24, 2.45) is 5.92 Å². The molecule has 2 aromatic rings. The van der Waals surface area contributed by atoms with Crippen molar-refractivity contribution in [3.05, 3.63) is 71.0 Å². The van der Waals surface area contributed by atoms with Gasteiger partial charge in [0.25, 0.3) is 5.91 Å². The van der Waals surface area contributed by atoms with Crippen LogP contribution in [0.3, 0.4) is 0 Å². The Labute approximate surface area is 164 Å². The Morgan fingerprint density at radius 1 is 1.19 bits per heavy atom. The van der Waals surface area contributed by atoms with Crippen LogP contribution in [0.4, 0.5) is 0 Å². The Morgan fingerprint density at radius 2 is 1.93 bits per heavy atom. The Bertz CT molecular complexity index is 798. The summed E-state index contributed by atoms with van der Waals surface area (Å²) in [5, 5.41) is 3.63. The normalized spacial score (nSPS) is 15.1. The van der Waals surface area contributed by atoms with E-state index in [9.17, 15) is 9.59 Å². The molecule has 2 heterocycles. The van der Waals surface area contributed by atoms with Crippen LogP contribution >= 0.6 is 11.6 Å². The van der Waals surface area contributed by atoms with Gasteiger partial charge in [-0.15, -0.1) is 0 Å². The van der Waals surface area contributed by atoms with Crippen molar-refractivity contribution in [2.75, 3.05) is 19.6 Å². The summed E-state index contributed by atoms with van der Waals surface area (Å²) in [6.45, 7) is 2.03. The van der Waals surface area contributed by atoms with Crippen LogP contribution in [0.25, 0.3) is 6.08 Å². The number of nitrogens with one attached hydrogen (secondary N) is 1. The summed E-state index contributed by atoms with van der Waals surface area (Å²) in [5.41, 5.74) is 1.51. The number of halogens is 1. The van der Waals surface area contributed by atoms with E-state index in [2.05, 4.69) is 10.3 Å². The van der Waals surface area contributed by atoms with Gasteiger partial charge in [-0.05, 0) is 54.7 Å². The van der Waals surface area contributed by atoms with Gasteiger partial charge >= 0.3 is 0 Å². The molecule has 1 aromatic carbocycles. The SMILES string of the molecule is O=C(NCC1CCN(C(=O)/C=C/c2ccc(Cl)cc2)CC1)c1cccnc1. The fourth-order valence-corrected chi connectivity index (χ4v) is 3.17. The highest BCUT2D eigenvalue weighted by atomic mass is 35.5. The van der Waals surface area contributed by atoms with Gasteiger partial charge in [0, 0.05) is 43.1 Å². The highest BCUT2D eigenvalue weighted by Gasteiger charge is 2.22. The first kappa shape index (κ1) is 19.1. The number of piperidine rings is 1. The van der Waals surface area contributed by atoms with E-state index >= 15 is 0 Å². The maximum absolute atomic E-state index is 12.3. The van der Waals surface area contributed by atoms with E-state index in [-0.39, 0.29) is 11.8 Å². The Hall–Kier alpha value is -2.66. The first-order chi connectivity index (χ1) is 13.1. The van der Waals surface area contributed by atoms with Gasteiger partial charge in [-0.1, -0.05) is 23.7 Å². The summed E-state index contributed by atoms with van der Waals surface area (Å²) in [6, 6.07) is 10.9. The summed E-state index contributed by atoms with van der Waals surface area (Å²) in [6.07, 6.45) is 8.38. The molecular formula is C21H22ClN3O2. The lowest BCUT2D eigenvalue weighted by Gasteiger charge is -2.31. The van der Waals surface area contributed by atoms with Crippen molar-refractivity contribution < 1.29 is 9.59 Å². The number of carbonyl (C=O) groups is 2. The van der Waals surface area contributed by atoms with Gasteiger partial charge < -0.3 is 10.2 Å². The number of hydrogen-bond donors (Lipinski definition) is 1. The van der Waals surface area contributed by atoms with E-state index in [0.717, 1.165) is 18.4 Å². The van der Waals surface area contributed by atoms with Crippen molar-refractivity contribution in [3.8, 4) is 0 Å². The molecule has 2 amide bonds. The number of nitrogens with zero attached hydrogens (tertiary/aromatic N) is 2. The van der Waals surface area contributed by atoms with Gasteiger partial charge in [0.15, 0.2) is 0 Å². The average molecular weight is 384 g/mol. The molecule has 140 valence electrons. The van der Waals surface area contributed by atoms with E-state index in [1.807, 2.05) is 17.0 Å². The Morgan fingerprint density at radius 3 is 2.59 bits per heavy atom. The molecule has 1 N–H and O–H groups in total. The molecular weight excluding hydrogens is 362 g/mol. The molecule has 0 spiro atoms. The second kappa shape index (κ2) is 9.33. The van der Waals surface area contributed by atoms with Crippen molar-refractivity contribution in [3.63, 3.8) is 0 Å². The molecule has 0 saturated carbocycles. The molecule has 5 nitrogen and oxygen atoms in total. The molecule has 1 aromatic heterocycles. The number of rotatable bonds is 5. The van der Waals surface area contributed by atoms with Crippen molar-refractivity contribution in [1.82, 2.24) is 15.2 Å². The predicted octanol–water partition coefficient (Wildman–Crippen LogP) is 3.42. The van der Waals surface area contributed by atoms with Crippen LogP contribution in [-0.4, -0.2) is 41.3 Å². The summed E-state index contributed by atoms with van der Waals surface area (Å²) in [4.78, 5) is 30.2. The third-order valence-electron chi connectivity index (χ3n) is 4.69. The molecule has 1 aliphatic heterocycles. The van der Waals surface area contributed by atoms with Crippen molar-refractivity contribution in [1.29, 1.82) is 0 Å². The molecule has 0 bridgehead atoms. The lowest BCUT2D eigenvalue weighted by molar-refractivity contribution is -0.127. The van der Waals surface area contributed by atoms with Crippen molar-refractivity contribution in [2.45, 2.75) is 12.8 Å². The molecule has 1 aliphatic rings. The maximum Gasteiger partial charge on any atom is 0.252 e. The Balaban J connectivity index is 1.42. The molecule has 1 saturated heterocycles. The highest BCUT2D eigenvalue weighted by molar-refractivity contribution is 6.30. The first-order valence-corrected chi connectivity index (χ1v) is 9.40. The Kier molecular flexibility index (Phi) is 6.60. The minimum atomic E-state index is -0.104. The first-order valence-electron chi connectivity index (χ1n) is 9.02. The van der Waals surface area contributed by atoms with Crippen molar-refractivity contribution >= 4 is 29.5 Å². The lowest BCUT2D eigenvalue weighted by atomic mass is 9.96. The smallest absolute Gasteiger partial charge is 0.252 e. The van der Waals surface area contributed by atoms with Crippen LogP contribution in [-0.2, 0) is 4.79 Å². The van der Waals surface area contributed by atoms with Crippen LogP contribution < -0.4 is 5.32 Å². The molecule has 0 aliphatic carbocycles. The van der Waals surface area contributed by atoms with Gasteiger partial charge in [-0.2, -0.15) is 0 Å². The largest absolute Gasteiger partial charge is 0.352 e. The zero-order valence-electron chi connectivity index (χ0n) is 15.0. The fourth-order valence-electron chi connectivity index (χ4n) is 3.04. The van der Waals surface area contributed by atoms with Crippen LogP contribution in [0.2, 0.25) is 5.02 Å². The average Bonchev–Trinajstić information content (AvgIpc) is 2.72. The van der Waals surface area contributed by atoms with Gasteiger partial charge in [0.2, 0.25) is 5.91 Å². The molecule has 3 rings (SSSR count). The number of benzene rings is 1. The van der Waals surface area contributed by atoms with E-state index < -0.39 is 0 Å². The van der Waals surface area contributed by atoms with E-state index in [0.29, 0.717) is 36.1 Å². The standard InChI is InChI=1S/C21H22ClN3O2/c22-19-6-3-16(4-7-19)5-8-20(26)25-12-9-17(10-13-25)14-24-21(27)18-2-1-11-23-15-18/h1-8,11,15,17H,9-10,12-14H2,(H,24,27)/b8-5+. The van der Waals surface area contributed by atoms with E-state index in [4.69, 9.17) is 11.6 Å². The molecule has 0 radical (unpaired) electrons. The number of hydrogen-bond acceptors (Lipinski definition) is 3. The van der Waals surface area contributed by atoms with Gasteiger partial charge in [-0.3, -0.25) is 14.6 Å². The number of likely N-dealkylation sites (tertiary alicyclic amines) is 1. The molecule has 0 unspecified atom stereocenters. The number of carbonyl (C=O) groups excluding carboxylic acids is 2. The molecule has 6 heteroatoms. The van der Waals surface area contributed by atoms with Gasteiger partial charge in [0.05, 0.1) is 5.56 Å². The lowest BCUT2D eigenvalue weighted by Crippen LogP contribution is -2.41. The maximum atomic E-state index is 12.3. The van der Waals surface area contributed by atoms with Crippen LogP contribution in [0, 0.1) is 5.92 Å². The zero-order valence-corrected chi connectivity index (χ0v) is 15.7. The van der Waals surface area contributed by atoms with Gasteiger partial charge in [0.1, 0.15) is 0 Å². The quantitative estimate of drug-likeness (QED) is 0.805. The molecule has 0 atom stereocenters. The summed E-state index contributed by atoms with van der Waals surface area (Å²) < 4.78 is 0. The number of aromatic nitrogens is 1. The summed E-state index contributed by atoms with van der Waals surface area (Å²) in [7, 11) is 0. The number of amides is 2. The topological polar surface area (TPSA) is 62.3 Å². The zero-order chi connectivity index (χ0) is 19.1. The van der Waals surface area contributed by atoms with E-state index in [1.165, 1.54) is 0 Å². The third-order valence-corrected chi connectivity index (χ3v) is 4.94. The fraction of sp³-hybridized carbons (Fsp3) is 0.286.